The molecule has 5 rings (SSSR count). The van der Waals surface area contributed by atoms with Crippen LogP contribution < -0.4 is 14.4 Å². The molecular weight excluding hydrogens is 366 g/mol. The minimum atomic E-state index is -0.268. The number of rotatable bonds is 4. The predicted octanol–water partition coefficient (Wildman–Crippen LogP) is 4.10. The summed E-state index contributed by atoms with van der Waals surface area (Å²) < 4.78 is 12.8. The molecule has 0 fully saturated rings. The minimum Gasteiger partial charge on any atom is -0.493 e. The molecule has 3 heterocycles. The zero-order valence-electron chi connectivity index (χ0n) is 16.1. The average Bonchev–Trinajstić information content (AvgIpc) is 3.35. The highest BCUT2D eigenvalue weighted by atomic mass is 16.5. The van der Waals surface area contributed by atoms with Crippen molar-refractivity contribution < 1.29 is 14.3 Å². The molecule has 0 radical (unpaired) electrons. The number of fused-ring (bicyclic) bond motifs is 2. The number of carbonyl (C=O) groups is 1. The van der Waals surface area contributed by atoms with Crippen LogP contribution >= 0.6 is 0 Å². The van der Waals surface area contributed by atoms with Crippen molar-refractivity contribution in [3.63, 3.8) is 0 Å². The van der Waals surface area contributed by atoms with Gasteiger partial charge in [-0.15, -0.1) is 0 Å². The van der Waals surface area contributed by atoms with Crippen molar-refractivity contribution in [1.29, 1.82) is 0 Å². The molecule has 1 aliphatic rings. The van der Waals surface area contributed by atoms with Crippen LogP contribution in [-0.2, 0) is 0 Å². The fourth-order valence-corrected chi connectivity index (χ4v) is 3.98. The van der Waals surface area contributed by atoms with Gasteiger partial charge in [0.05, 0.1) is 25.9 Å². The molecule has 0 unspecified atom stereocenters. The molecule has 0 saturated carbocycles. The Morgan fingerprint density at radius 2 is 1.76 bits per heavy atom. The normalized spacial score (nSPS) is 15.6. The second-order valence-corrected chi connectivity index (χ2v) is 6.86. The number of hydrogen-bond donors (Lipinski definition) is 0. The van der Waals surface area contributed by atoms with Crippen molar-refractivity contribution in [3.8, 4) is 11.5 Å². The topological polar surface area (TPSA) is 56.1 Å². The van der Waals surface area contributed by atoms with Crippen molar-refractivity contribution in [2.45, 2.75) is 6.04 Å². The molecule has 4 aromatic rings. The molecule has 0 N–H and O–H groups in total. The first-order valence-corrected chi connectivity index (χ1v) is 9.28. The van der Waals surface area contributed by atoms with E-state index in [2.05, 4.69) is 4.98 Å². The smallest absolute Gasteiger partial charge is 0.259 e. The van der Waals surface area contributed by atoms with Crippen LogP contribution in [-0.4, -0.2) is 29.5 Å². The van der Waals surface area contributed by atoms with Crippen LogP contribution in [0.15, 0.2) is 73.2 Å². The summed E-state index contributed by atoms with van der Waals surface area (Å²) >= 11 is 0. The van der Waals surface area contributed by atoms with Gasteiger partial charge in [-0.2, -0.15) is 0 Å². The molecule has 0 spiro atoms. The molecule has 1 amide bonds. The lowest BCUT2D eigenvalue weighted by Gasteiger charge is -2.26. The molecule has 2 aromatic carbocycles. The highest BCUT2D eigenvalue weighted by molar-refractivity contribution is 6.11. The maximum Gasteiger partial charge on any atom is 0.259 e. The van der Waals surface area contributed by atoms with Crippen LogP contribution in [0.1, 0.15) is 27.5 Å². The number of amides is 1. The minimum absolute atomic E-state index is 0.0312. The van der Waals surface area contributed by atoms with E-state index in [4.69, 9.17) is 9.47 Å². The van der Waals surface area contributed by atoms with Crippen LogP contribution in [0, 0.1) is 0 Å². The number of pyridine rings is 1. The van der Waals surface area contributed by atoms with E-state index in [0.717, 1.165) is 22.5 Å². The van der Waals surface area contributed by atoms with Gasteiger partial charge in [0.2, 0.25) is 0 Å². The zero-order valence-corrected chi connectivity index (χ0v) is 16.1. The van der Waals surface area contributed by atoms with Gasteiger partial charge >= 0.3 is 0 Å². The van der Waals surface area contributed by atoms with Crippen molar-refractivity contribution in [1.82, 2.24) is 9.38 Å². The van der Waals surface area contributed by atoms with E-state index in [1.165, 1.54) is 0 Å². The van der Waals surface area contributed by atoms with Crippen molar-refractivity contribution in [3.05, 3.63) is 89.9 Å². The highest BCUT2D eigenvalue weighted by Gasteiger charge is 2.39. The number of methoxy groups -OCH3 is 2. The third-order valence-corrected chi connectivity index (χ3v) is 5.35. The summed E-state index contributed by atoms with van der Waals surface area (Å²) in [7, 11) is 3.22. The summed E-state index contributed by atoms with van der Waals surface area (Å²) in [6.45, 7) is 0. The van der Waals surface area contributed by atoms with E-state index >= 15 is 0 Å². The lowest BCUT2D eigenvalue weighted by atomic mass is 9.97. The molecule has 6 heteroatoms. The Bertz CT molecular complexity index is 1230. The first kappa shape index (κ1) is 17.3. The van der Waals surface area contributed by atoms with Crippen LogP contribution in [0.25, 0.3) is 5.65 Å². The fraction of sp³-hybridized carbons (Fsp3) is 0.130. The third kappa shape index (κ3) is 2.64. The lowest BCUT2D eigenvalue weighted by Crippen LogP contribution is -2.28. The number of imidazole rings is 1. The summed E-state index contributed by atoms with van der Waals surface area (Å²) in [5.74, 6) is 1.25. The van der Waals surface area contributed by atoms with Gasteiger partial charge in [-0.3, -0.25) is 9.69 Å². The van der Waals surface area contributed by atoms with E-state index in [1.807, 2.05) is 76.3 Å². The van der Waals surface area contributed by atoms with E-state index < -0.39 is 0 Å². The Morgan fingerprint density at radius 3 is 2.59 bits per heavy atom. The molecule has 1 aliphatic heterocycles. The van der Waals surface area contributed by atoms with Gasteiger partial charge in [-0.05, 0) is 35.4 Å². The van der Waals surface area contributed by atoms with Crippen LogP contribution in [0.5, 0.6) is 11.5 Å². The number of anilines is 1. The number of carbonyl (C=O) groups excluding carboxylic acids is 1. The monoisotopic (exact) mass is 385 g/mol. The van der Waals surface area contributed by atoms with Crippen molar-refractivity contribution >= 4 is 17.2 Å². The van der Waals surface area contributed by atoms with Gasteiger partial charge in [0.25, 0.3) is 5.91 Å². The molecule has 1 atom stereocenters. The summed E-state index contributed by atoms with van der Waals surface area (Å²) in [4.78, 5) is 19.6. The van der Waals surface area contributed by atoms with Gasteiger partial charge in [0.15, 0.2) is 11.5 Å². The molecular formula is C23H19N3O3. The maximum absolute atomic E-state index is 13.4. The Hall–Kier alpha value is -3.80. The molecule has 0 bridgehead atoms. The standard InChI is InChI=1S/C23H19N3O3/c1-28-19-8-7-15(13-20(19)29-2)22-17-5-3-4-6-18(17)23(27)26(22)16-9-11-25-12-10-24-21(25)14-16/h3-14,22H,1-2H3/t22-/m0/s1. The van der Waals surface area contributed by atoms with E-state index in [9.17, 15) is 4.79 Å². The van der Waals surface area contributed by atoms with Crippen LogP contribution in [0.2, 0.25) is 0 Å². The lowest BCUT2D eigenvalue weighted by molar-refractivity contribution is 0.0993. The second kappa shape index (κ2) is 6.67. The number of hydrogen-bond acceptors (Lipinski definition) is 4. The van der Waals surface area contributed by atoms with Gasteiger partial charge in [0.1, 0.15) is 5.65 Å². The summed E-state index contributed by atoms with van der Waals surface area (Å²) in [5, 5.41) is 0. The maximum atomic E-state index is 13.4. The summed E-state index contributed by atoms with van der Waals surface area (Å²) in [5.41, 5.74) is 4.20. The Labute approximate surface area is 167 Å². The summed E-state index contributed by atoms with van der Waals surface area (Å²) in [6.07, 6.45) is 5.54. The average molecular weight is 385 g/mol. The van der Waals surface area contributed by atoms with Gasteiger partial charge in [-0.25, -0.2) is 4.98 Å². The largest absolute Gasteiger partial charge is 0.493 e. The SMILES string of the molecule is COc1ccc([C@H]2c3ccccc3C(=O)N2c2ccn3ccnc3c2)cc1OC. The number of nitrogens with zero attached hydrogens (tertiary/aromatic N) is 3. The molecule has 0 saturated heterocycles. The van der Waals surface area contributed by atoms with E-state index in [1.54, 1.807) is 20.4 Å². The Morgan fingerprint density at radius 1 is 0.931 bits per heavy atom. The first-order chi connectivity index (χ1) is 14.2. The van der Waals surface area contributed by atoms with Crippen molar-refractivity contribution in [2.75, 3.05) is 19.1 Å². The molecule has 29 heavy (non-hydrogen) atoms. The highest BCUT2D eigenvalue weighted by Crippen LogP contribution is 2.43. The molecule has 144 valence electrons. The van der Waals surface area contributed by atoms with Gasteiger partial charge < -0.3 is 13.9 Å². The molecule has 2 aromatic heterocycles. The Kier molecular flexibility index (Phi) is 3.98. The van der Waals surface area contributed by atoms with Crippen LogP contribution in [0.4, 0.5) is 5.69 Å². The number of aromatic nitrogens is 2. The Balaban J connectivity index is 1.70. The first-order valence-electron chi connectivity index (χ1n) is 9.28. The van der Waals surface area contributed by atoms with E-state index in [0.29, 0.717) is 17.1 Å². The van der Waals surface area contributed by atoms with Crippen LogP contribution in [0.3, 0.4) is 0 Å². The van der Waals surface area contributed by atoms with Gasteiger partial charge in [0, 0.05) is 30.2 Å². The zero-order chi connectivity index (χ0) is 20.0. The molecule has 6 nitrogen and oxygen atoms in total. The quantitative estimate of drug-likeness (QED) is 0.531. The third-order valence-electron chi connectivity index (χ3n) is 5.35. The second-order valence-electron chi connectivity index (χ2n) is 6.86. The molecule has 0 aliphatic carbocycles. The fourth-order valence-electron chi connectivity index (χ4n) is 3.98. The predicted molar refractivity (Wildman–Crippen MR) is 110 cm³/mol. The van der Waals surface area contributed by atoms with Gasteiger partial charge in [-0.1, -0.05) is 24.3 Å². The van der Waals surface area contributed by atoms with E-state index in [-0.39, 0.29) is 11.9 Å². The number of benzene rings is 2. The summed E-state index contributed by atoms with van der Waals surface area (Å²) in [6, 6.07) is 17.1. The van der Waals surface area contributed by atoms with Crippen molar-refractivity contribution in [2.24, 2.45) is 0 Å². The number of ether oxygens (including phenoxy) is 2.